The van der Waals surface area contributed by atoms with Crippen LogP contribution >= 0.6 is 23.5 Å². The molecule has 2 heterocycles. The van der Waals surface area contributed by atoms with Crippen LogP contribution in [0.2, 0.25) is 0 Å². The quantitative estimate of drug-likeness (QED) is 0.661. The first-order valence-corrected chi connectivity index (χ1v) is 6.45. The summed E-state index contributed by atoms with van der Waals surface area (Å²) in [6, 6.07) is 8.13. The van der Waals surface area contributed by atoms with Crippen molar-refractivity contribution in [3.05, 3.63) is 34.2 Å². The van der Waals surface area contributed by atoms with Gasteiger partial charge in [0.15, 0.2) is 0 Å². The summed E-state index contributed by atoms with van der Waals surface area (Å²) in [5, 5.41) is 0.980. The standard InChI is InChI=1S/C11H8N2OS2/c1-13-7-4-2-3-5-8(7)16-11(13)9-10(14)12-6-15-9/h2-6H,1H3. The van der Waals surface area contributed by atoms with E-state index in [1.54, 1.807) is 17.3 Å². The van der Waals surface area contributed by atoms with Gasteiger partial charge in [-0.3, -0.25) is 4.79 Å². The fourth-order valence-corrected chi connectivity index (χ4v) is 3.67. The van der Waals surface area contributed by atoms with Crippen molar-refractivity contribution >= 4 is 40.7 Å². The van der Waals surface area contributed by atoms with Gasteiger partial charge in [-0.05, 0) is 12.1 Å². The molecule has 0 spiro atoms. The van der Waals surface area contributed by atoms with E-state index < -0.39 is 0 Å². The van der Waals surface area contributed by atoms with Gasteiger partial charge in [-0.1, -0.05) is 35.7 Å². The lowest BCUT2D eigenvalue weighted by molar-refractivity contribution is -0.113. The fourth-order valence-electron chi connectivity index (χ4n) is 1.68. The van der Waals surface area contributed by atoms with Crippen LogP contribution in [-0.4, -0.2) is 18.5 Å². The summed E-state index contributed by atoms with van der Waals surface area (Å²) in [4.78, 5) is 19.3. The Morgan fingerprint density at radius 3 is 2.81 bits per heavy atom. The number of aliphatic imine (C=N–C) groups is 1. The van der Waals surface area contributed by atoms with Crippen LogP contribution in [-0.2, 0) is 4.79 Å². The van der Waals surface area contributed by atoms with Crippen LogP contribution in [0, 0.1) is 0 Å². The van der Waals surface area contributed by atoms with E-state index in [1.165, 1.54) is 16.7 Å². The lowest BCUT2D eigenvalue weighted by Gasteiger charge is -2.14. The molecule has 2 aliphatic heterocycles. The third-order valence-electron chi connectivity index (χ3n) is 2.47. The number of amides is 1. The second-order valence-corrected chi connectivity index (χ2v) is 5.31. The van der Waals surface area contributed by atoms with Gasteiger partial charge in [0.25, 0.3) is 5.91 Å². The maximum absolute atomic E-state index is 11.5. The van der Waals surface area contributed by atoms with Gasteiger partial charge in [-0.2, -0.15) is 0 Å². The Kier molecular flexibility index (Phi) is 2.29. The molecule has 0 radical (unpaired) electrons. The summed E-state index contributed by atoms with van der Waals surface area (Å²) in [6.07, 6.45) is 0. The zero-order valence-electron chi connectivity index (χ0n) is 8.51. The number of hydrogen-bond acceptors (Lipinski definition) is 4. The van der Waals surface area contributed by atoms with E-state index in [0.29, 0.717) is 0 Å². The third kappa shape index (κ3) is 1.39. The van der Waals surface area contributed by atoms with Crippen LogP contribution in [0.1, 0.15) is 0 Å². The number of hydrogen-bond donors (Lipinski definition) is 0. The van der Waals surface area contributed by atoms with Crippen molar-refractivity contribution in [1.29, 1.82) is 0 Å². The number of carbonyl (C=O) groups is 1. The van der Waals surface area contributed by atoms with E-state index in [9.17, 15) is 4.79 Å². The number of anilines is 1. The highest BCUT2D eigenvalue weighted by atomic mass is 32.2. The van der Waals surface area contributed by atoms with Gasteiger partial charge >= 0.3 is 0 Å². The van der Waals surface area contributed by atoms with Gasteiger partial charge in [-0.25, -0.2) is 4.99 Å². The van der Waals surface area contributed by atoms with E-state index in [-0.39, 0.29) is 5.91 Å². The molecule has 0 unspecified atom stereocenters. The molecule has 3 rings (SSSR count). The normalized spacial score (nSPS) is 23.1. The van der Waals surface area contributed by atoms with E-state index in [2.05, 4.69) is 22.0 Å². The first kappa shape index (κ1) is 9.99. The summed E-state index contributed by atoms with van der Waals surface area (Å²) in [5.41, 5.74) is 2.75. The van der Waals surface area contributed by atoms with E-state index in [4.69, 9.17) is 0 Å². The minimum atomic E-state index is -0.132. The minimum Gasteiger partial charge on any atom is -0.337 e. The van der Waals surface area contributed by atoms with Gasteiger partial charge < -0.3 is 4.90 Å². The summed E-state index contributed by atoms with van der Waals surface area (Å²) in [5.74, 6) is -0.132. The Bertz CT molecular complexity index is 537. The maximum Gasteiger partial charge on any atom is 0.286 e. The molecule has 80 valence electrons. The van der Waals surface area contributed by atoms with Crippen molar-refractivity contribution < 1.29 is 4.79 Å². The van der Waals surface area contributed by atoms with Crippen LogP contribution in [0.5, 0.6) is 0 Å². The Hall–Kier alpha value is -1.20. The molecule has 0 saturated heterocycles. The summed E-state index contributed by atoms with van der Waals surface area (Å²) in [6.45, 7) is 0. The number of carbonyl (C=O) groups excluding carboxylic acids is 1. The molecule has 3 nitrogen and oxygen atoms in total. The SMILES string of the molecule is CN1C(=C2SC=NC2=O)Sc2ccccc21. The molecule has 0 bridgehead atoms. The number of thioether (sulfide) groups is 2. The molecule has 1 amide bonds. The molecule has 2 aliphatic rings. The highest BCUT2D eigenvalue weighted by Gasteiger charge is 2.29. The number of rotatable bonds is 0. The highest BCUT2D eigenvalue weighted by Crippen LogP contribution is 2.48. The number of nitrogens with zero attached hydrogens (tertiary/aromatic N) is 2. The topological polar surface area (TPSA) is 32.7 Å². The molecule has 0 aliphatic carbocycles. The average molecular weight is 248 g/mol. The smallest absolute Gasteiger partial charge is 0.286 e. The minimum absolute atomic E-state index is 0.132. The summed E-state index contributed by atoms with van der Waals surface area (Å²) < 4.78 is 0. The van der Waals surface area contributed by atoms with Crippen LogP contribution in [0.15, 0.2) is 44.1 Å². The van der Waals surface area contributed by atoms with E-state index in [0.717, 1.165) is 15.6 Å². The van der Waals surface area contributed by atoms with Crippen LogP contribution < -0.4 is 4.90 Å². The molecule has 16 heavy (non-hydrogen) atoms. The van der Waals surface area contributed by atoms with Crippen molar-refractivity contribution in [3.63, 3.8) is 0 Å². The lowest BCUT2D eigenvalue weighted by Crippen LogP contribution is -2.12. The van der Waals surface area contributed by atoms with Crippen molar-refractivity contribution in [2.75, 3.05) is 11.9 Å². The first-order valence-electron chi connectivity index (χ1n) is 4.76. The largest absolute Gasteiger partial charge is 0.337 e. The number of para-hydroxylation sites is 1. The number of benzene rings is 1. The van der Waals surface area contributed by atoms with Gasteiger partial charge in [-0.15, -0.1) is 0 Å². The van der Waals surface area contributed by atoms with Crippen LogP contribution in [0.3, 0.4) is 0 Å². The fraction of sp³-hybridized carbons (Fsp3) is 0.0909. The molecular formula is C11H8N2OS2. The van der Waals surface area contributed by atoms with Gasteiger partial charge in [0, 0.05) is 11.9 Å². The first-order chi connectivity index (χ1) is 7.77. The van der Waals surface area contributed by atoms with Gasteiger partial charge in [0.05, 0.1) is 16.3 Å². The lowest BCUT2D eigenvalue weighted by atomic mass is 10.3. The Morgan fingerprint density at radius 2 is 2.12 bits per heavy atom. The third-order valence-corrected chi connectivity index (χ3v) is 4.65. The second kappa shape index (κ2) is 3.68. The Labute approximate surface area is 102 Å². The molecule has 0 aromatic heterocycles. The van der Waals surface area contributed by atoms with Gasteiger partial charge in [0.1, 0.15) is 4.91 Å². The highest BCUT2D eigenvalue weighted by molar-refractivity contribution is 8.17. The van der Waals surface area contributed by atoms with Crippen molar-refractivity contribution in [1.82, 2.24) is 0 Å². The molecule has 0 atom stereocenters. The summed E-state index contributed by atoms with van der Waals surface area (Å²) in [7, 11) is 1.98. The zero-order chi connectivity index (χ0) is 11.1. The Balaban J connectivity index is 2.08. The monoisotopic (exact) mass is 248 g/mol. The molecular weight excluding hydrogens is 240 g/mol. The Morgan fingerprint density at radius 1 is 1.31 bits per heavy atom. The predicted octanol–water partition coefficient (Wildman–Crippen LogP) is 2.70. The summed E-state index contributed by atoms with van der Waals surface area (Å²) >= 11 is 3.03. The predicted molar refractivity (Wildman–Crippen MR) is 68.8 cm³/mol. The van der Waals surface area contributed by atoms with E-state index in [1.807, 2.05) is 19.2 Å². The van der Waals surface area contributed by atoms with Crippen molar-refractivity contribution in [2.24, 2.45) is 4.99 Å². The van der Waals surface area contributed by atoms with Gasteiger partial charge in [0.2, 0.25) is 0 Å². The molecule has 0 saturated carbocycles. The van der Waals surface area contributed by atoms with Crippen LogP contribution in [0.25, 0.3) is 0 Å². The molecule has 0 fully saturated rings. The van der Waals surface area contributed by atoms with Crippen molar-refractivity contribution in [3.8, 4) is 0 Å². The molecule has 5 heteroatoms. The number of fused-ring (bicyclic) bond motifs is 1. The molecule has 0 N–H and O–H groups in total. The zero-order valence-corrected chi connectivity index (χ0v) is 10.1. The van der Waals surface area contributed by atoms with E-state index >= 15 is 0 Å². The second-order valence-electron chi connectivity index (χ2n) is 3.42. The van der Waals surface area contributed by atoms with Crippen LogP contribution in [0.4, 0.5) is 5.69 Å². The average Bonchev–Trinajstić information content (AvgIpc) is 2.84. The molecule has 1 aromatic rings. The molecule has 1 aromatic carbocycles. The maximum atomic E-state index is 11.5. The van der Waals surface area contributed by atoms with Crippen molar-refractivity contribution in [2.45, 2.75) is 4.90 Å².